The van der Waals surface area contributed by atoms with Gasteiger partial charge in [-0.05, 0) is 61.6 Å². The molecule has 0 saturated carbocycles. The summed E-state index contributed by atoms with van der Waals surface area (Å²) in [6, 6.07) is 7.82. The lowest BCUT2D eigenvalue weighted by Gasteiger charge is -2.19. The molecule has 1 aliphatic rings. The molecule has 3 rings (SSSR count). The summed E-state index contributed by atoms with van der Waals surface area (Å²) < 4.78 is 10.3. The van der Waals surface area contributed by atoms with E-state index in [1.54, 1.807) is 7.11 Å². The minimum atomic E-state index is -0.768. The van der Waals surface area contributed by atoms with Crippen molar-refractivity contribution in [3.8, 4) is 11.5 Å². The Kier molecular flexibility index (Phi) is 5.58. The van der Waals surface area contributed by atoms with Crippen LogP contribution in [0.1, 0.15) is 39.9 Å². The summed E-state index contributed by atoms with van der Waals surface area (Å²) in [7, 11) is 2.95. The Bertz CT molecular complexity index is 967. The third-order valence-electron chi connectivity index (χ3n) is 4.64. The monoisotopic (exact) mass is 384 g/mol. The minimum Gasteiger partial charge on any atom is -0.496 e. The number of aryl methyl sites for hydroxylation is 2. The molecule has 8 heteroatoms. The standard InChI is InChI=1S/C20H20N2O6/c1-12-9-15-13(11-19(12)27-3)5-4-6-16(15)21-28-20(23)14-7-8-18(26-2)17(10-14)22(24)25/h7-11H,4-6H2,1-3H3/b21-16+. The topological polar surface area (TPSA) is 100 Å². The summed E-state index contributed by atoms with van der Waals surface area (Å²) in [4.78, 5) is 27.9. The van der Waals surface area contributed by atoms with Gasteiger partial charge in [0.1, 0.15) is 5.75 Å². The largest absolute Gasteiger partial charge is 0.496 e. The van der Waals surface area contributed by atoms with Crippen LogP contribution >= 0.6 is 0 Å². The number of nitrogens with zero attached hydrogens (tertiary/aromatic N) is 2. The maximum absolute atomic E-state index is 12.3. The number of carbonyl (C=O) groups excluding carboxylic acids is 1. The van der Waals surface area contributed by atoms with Crippen molar-refractivity contribution in [1.29, 1.82) is 0 Å². The van der Waals surface area contributed by atoms with Gasteiger partial charge in [0, 0.05) is 11.6 Å². The molecule has 0 aromatic heterocycles. The molecule has 0 N–H and O–H groups in total. The summed E-state index contributed by atoms with van der Waals surface area (Å²) in [5.74, 6) is 0.108. The molecule has 8 nitrogen and oxygen atoms in total. The molecule has 0 spiro atoms. The molecular formula is C20H20N2O6. The highest BCUT2D eigenvalue weighted by atomic mass is 16.7. The van der Waals surface area contributed by atoms with E-state index in [2.05, 4.69) is 5.16 Å². The van der Waals surface area contributed by atoms with Gasteiger partial charge in [0.2, 0.25) is 0 Å². The van der Waals surface area contributed by atoms with Gasteiger partial charge in [0.15, 0.2) is 5.75 Å². The van der Waals surface area contributed by atoms with Crippen molar-refractivity contribution < 1.29 is 24.0 Å². The second-order valence-corrected chi connectivity index (χ2v) is 6.39. The number of rotatable bonds is 5. The highest BCUT2D eigenvalue weighted by Gasteiger charge is 2.21. The normalized spacial score (nSPS) is 14.3. The molecule has 0 fully saturated rings. The van der Waals surface area contributed by atoms with Gasteiger partial charge in [-0.2, -0.15) is 0 Å². The van der Waals surface area contributed by atoms with Gasteiger partial charge in [-0.1, -0.05) is 5.16 Å². The van der Waals surface area contributed by atoms with Crippen LogP contribution in [0.5, 0.6) is 11.5 Å². The predicted octanol–water partition coefficient (Wildman–Crippen LogP) is 3.82. The zero-order valence-corrected chi connectivity index (χ0v) is 15.9. The highest BCUT2D eigenvalue weighted by Crippen LogP contribution is 2.30. The number of hydrogen-bond acceptors (Lipinski definition) is 7. The van der Waals surface area contributed by atoms with Gasteiger partial charge < -0.3 is 14.3 Å². The summed E-state index contributed by atoms with van der Waals surface area (Å²) in [5.41, 5.74) is 3.37. The summed E-state index contributed by atoms with van der Waals surface area (Å²) in [5, 5.41) is 15.2. The number of oxime groups is 1. The maximum Gasteiger partial charge on any atom is 0.365 e. The fourth-order valence-electron chi connectivity index (χ4n) is 3.21. The zero-order valence-electron chi connectivity index (χ0n) is 15.9. The molecule has 0 heterocycles. The van der Waals surface area contributed by atoms with Crippen LogP contribution in [0.3, 0.4) is 0 Å². The van der Waals surface area contributed by atoms with Crippen molar-refractivity contribution in [3.05, 3.63) is 62.7 Å². The molecule has 0 radical (unpaired) electrons. The van der Waals surface area contributed by atoms with Crippen LogP contribution in [-0.4, -0.2) is 30.8 Å². The van der Waals surface area contributed by atoms with Gasteiger partial charge in [-0.3, -0.25) is 10.1 Å². The Hall–Kier alpha value is -3.42. The molecular weight excluding hydrogens is 364 g/mol. The molecule has 0 unspecified atom stereocenters. The van der Waals surface area contributed by atoms with E-state index in [1.165, 1.54) is 19.2 Å². The Labute approximate surface area is 161 Å². The van der Waals surface area contributed by atoms with Gasteiger partial charge in [0.05, 0.1) is 30.4 Å². The molecule has 1 aliphatic carbocycles. The van der Waals surface area contributed by atoms with Crippen molar-refractivity contribution in [2.24, 2.45) is 5.16 Å². The van der Waals surface area contributed by atoms with Crippen LogP contribution < -0.4 is 9.47 Å². The number of methoxy groups -OCH3 is 2. The smallest absolute Gasteiger partial charge is 0.365 e. The molecule has 2 aromatic carbocycles. The van der Waals surface area contributed by atoms with E-state index < -0.39 is 10.9 Å². The average molecular weight is 384 g/mol. The van der Waals surface area contributed by atoms with Gasteiger partial charge >= 0.3 is 11.7 Å². The zero-order chi connectivity index (χ0) is 20.3. The average Bonchev–Trinajstić information content (AvgIpc) is 2.70. The lowest BCUT2D eigenvalue weighted by Crippen LogP contribution is -2.14. The fraction of sp³-hybridized carbons (Fsp3) is 0.300. The quantitative estimate of drug-likeness (QED) is 0.441. The lowest BCUT2D eigenvalue weighted by atomic mass is 9.88. The molecule has 0 bridgehead atoms. The van der Waals surface area contributed by atoms with Crippen LogP contribution in [0.15, 0.2) is 35.5 Å². The molecule has 0 aliphatic heterocycles. The van der Waals surface area contributed by atoms with Crippen molar-refractivity contribution in [2.75, 3.05) is 14.2 Å². The number of benzene rings is 2. The van der Waals surface area contributed by atoms with E-state index in [-0.39, 0.29) is 17.0 Å². The first-order valence-electron chi connectivity index (χ1n) is 8.73. The second kappa shape index (κ2) is 8.08. The lowest BCUT2D eigenvalue weighted by molar-refractivity contribution is -0.385. The third kappa shape index (κ3) is 3.80. The van der Waals surface area contributed by atoms with E-state index in [1.807, 2.05) is 19.1 Å². The van der Waals surface area contributed by atoms with Gasteiger partial charge in [-0.25, -0.2) is 4.79 Å². The van der Waals surface area contributed by atoms with E-state index in [0.717, 1.165) is 41.3 Å². The number of hydrogen-bond donors (Lipinski definition) is 0. The Morgan fingerprint density at radius 1 is 1.11 bits per heavy atom. The van der Waals surface area contributed by atoms with Crippen LogP contribution in [0, 0.1) is 17.0 Å². The molecule has 0 saturated heterocycles. The fourth-order valence-corrected chi connectivity index (χ4v) is 3.21. The summed E-state index contributed by atoms with van der Waals surface area (Å²) >= 11 is 0. The number of ether oxygens (including phenoxy) is 2. The molecule has 2 aromatic rings. The maximum atomic E-state index is 12.3. The first kappa shape index (κ1) is 19.3. The minimum absolute atomic E-state index is 0.0267. The molecule has 146 valence electrons. The molecule has 0 atom stereocenters. The summed E-state index contributed by atoms with van der Waals surface area (Å²) in [6.45, 7) is 1.94. The van der Waals surface area contributed by atoms with E-state index in [9.17, 15) is 14.9 Å². The van der Waals surface area contributed by atoms with E-state index >= 15 is 0 Å². The predicted molar refractivity (Wildman–Crippen MR) is 102 cm³/mol. The van der Waals surface area contributed by atoms with Crippen LogP contribution in [-0.2, 0) is 11.3 Å². The number of nitro groups is 1. The SMILES string of the molecule is COc1cc2c(cc1C)/C(=N/OC(=O)c1ccc(OC)c([N+](=O)[O-])c1)CCC2. The first-order valence-corrected chi connectivity index (χ1v) is 8.73. The van der Waals surface area contributed by atoms with E-state index in [0.29, 0.717) is 12.1 Å². The Morgan fingerprint density at radius 2 is 1.86 bits per heavy atom. The van der Waals surface area contributed by atoms with Gasteiger partial charge in [0.25, 0.3) is 0 Å². The number of carbonyl (C=O) groups is 1. The first-order chi connectivity index (χ1) is 13.4. The van der Waals surface area contributed by atoms with Crippen molar-refractivity contribution in [2.45, 2.75) is 26.2 Å². The Balaban J connectivity index is 1.85. The number of nitro benzene ring substituents is 1. The highest BCUT2D eigenvalue weighted by molar-refractivity contribution is 6.03. The Morgan fingerprint density at radius 3 is 2.54 bits per heavy atom. The second-order valence-electron chi connectivity index (χ2n) is 6.39. The van der Waals surface area contributed by atoms with Crippen molar-refractivity contribution in [1.82, 2.24) is 0 Å². The summed E-state index contributed by atoms with van der Waals surface area (Å²) in [6.07, 6.45) is 2.45. The van der Waals surface area contributed by atoms with Crippen molar-refractivity contribution in [3.63, 3.8) is 0 Å². The van der Waals surface area contributed by atoms with Crippen LogP contribution in [0.25, 0.3) is 0 Å². The van der Waals surface area contributed by atoms with E-state index in [4.69, 9.17) is 14.3 Å². The molecule has 0 amide bonds. The number of fused-ring (bicyclic) bond motifs is 1. The van der Waals surface area contributed by atoms with Gasteiger partial charge in [-0.15, -0.1) is 0 Å². The third-order valence-corrected chi connectivity index (χ3v) is 4.64. The van der Waals surface area contributed by atoms with Crippen molar-refractivity contribution >= 4 is 17.4 Å². The molecule has 28 heavy (non-hydrogen) atoms. The van der Waals surface area contributed by atoms with Crippen LogP contribution in [0.4, 0.5) is 5.69 Å². The van der Waals surface area contributed by atoms with Crippen LogP contribution in [0.2, 0.25) is 0 Å².